The van der Waals surface area contributed by atoms with Crippen molar-refractivity contribution < 1.29 is 14.5 Å². The van der Waals surface area contributed by atoms with E-state index in [9.17, 15) is 14.9 Å². The Balaban J connectivity index is 2.28. The highest BCUT2D eigenvalue weighted by molar-refractivity contribution is 6.31. The topological polar surface area (TPSA) is 69.4 Å². The first-order valence-electron chi connectivity index (χ1n) is 6.12. The zero-order valence-corrected chi connectivity index (χ0v) is 12.0. The van der Waals surface area contributed by atoms with E-state index in [1.54, 1.807) is 24.3 Å². The normalized spacial score (nSPS) is 10.2. The largest absolute Gasteiger partial charge is 0.490 e. The Morgan fingerprint density at radius 2 is 2.00 bits per heavy atom. The molecule has 108 valence electrons. The van der Waals surface area contributed by atoms with Crippen LogP contribution in [-0.4, -0.2) is 17.8 Å². The Morgan fingerprint density at radius 3 is 2.62 bits per heavy atom. The number of nitro benzene ring substituents is 1. The lowest BCUT2D eigenvalue weighted by molar-refractivity contribution is -0.385. The Morgan fingerprint density at radius 1 is 1.29 bits per heavy atom. The Bertz CT molecular complexity index is 700. The van der Waals surface area contributed by atoms with E-state index in [2.05, 4.69) is 0 Å². The summed E-state index contributed by atoms with van der Waals surface area (Å²) in [6, 6.07) is 11.1. The summed E-state index contributed by atoms with van der Waals surface area (Å²) in [6.45, 7) is 0. The van der Waals surface area contributed by atoms with Gasteiger partial charge >= 0.3 is 5.69 Å². The van der Waals surface area contributed by atoms with E-state index in [0.717, 1.165) is 0 Å². The van der Waals surface area contributed by atoms with Crippen LogP contribution in [0, 0.1) is 10.1 Å². The van der Waals surface area contributed by atoms with Crippen LogP contribution in [0.15, 0.2) is 42.5 Å². The van der Waals surface area contributed by atoms with Crippen molar-refractivity contribution in [3.63, 3.8) is 0 Å². The molecule has 0 spiro atoms. The van der Waals surface area contributed by atoms with Crippen molar-refractivity contribution in [2.24, 2.45) is 0 Å². The maximum atomic E-state index is 12.2. The maximum absolute atomic E-state index is 12.2. The molecule has 0 aromatic heterocycles. The third kappa shape index (κ3) is 3.38. The lowest BCUT2D eigenvalue weighted by atomic mass is 10.0. The molecule has 0 unspecified atom stereocenters. The SMILES string of the molecule is COc1cc(C(=O)Cc2ccccc2Cl)ccc1[N+](=O)[O-]. The molecule has 2 aromatic carbocycles. The summed E-state index contributed by atoms with van der Waals surface area (Å²) < 4.78 is 4.95. The van der Waals surface area contributed by atoms with E-state index in [4.69, 9.17) is 16.3 Å². The van der Waals surface area contributed by atoms with E-state index in [0.29, 0.717) is 16.1 Å². The minimum absolute atomic E-state index is 0.0602. The van der Waals surface area contributed by atoms with Crippen LogP contribution in [0.1, 0.15) is 15.9 Å². The summed E-state index contributed by atoms with van der Waals surface area (Å²) in [7, 11) is 1.32. The van der Waals surface area contributed by atoms with Gasteiger partial charge < -0.3 is 4.74 Å². The van der Waals surface area contributed by atoms with Gasteiger partial charge in [-0.25, -0.2) is 0 Å². The van der Waals surface area contributed by atoms with Gasteiger partial charge in [-0.1, -0.05) is 29.8 Å². The van der Waals surface area contributed by atoms with E-state index < -0.39 is 4.92 Å². The second-order valence-electron chi connectivity index (χ2n) is 4.34. The highest BCUT2D eigenvalue weighted by Crippen LogP contribution is 2.28. The lowest BCUT2D eigenvalue weighted by Crippen LogP contribution is -2.05. The zero-order chi connectivity index (χ0) is 15.4. The summed E-state index contributed by atoms with van der Waals surface area (Å²) in [4.78, 5) is 22.5. The molecule has 0 N–H and O–H groups in total. The molecule has 0 atom stereocenters. The quantitative estimate of drug-likeness (QED) is 0.480. The molecule has 0 aliphatic rings. The monoisotopic (exact) mass is 305 g/mol. The van der Waals surface area contributed by atoms with E-state index in [1.165, 1.54) is 25.3 Å². The minimum Gasteiger partial charge on any atom is -0.490 e. The van der Waals surface area contributed by atoms with Crippen LogP contribution in [-0.2, 0) is 6.42 Å². The lowest BCUT2D eigenvalue weighted by Gasteiger charge is -2.06. The van der Waals surface area contributed by atoms with Gasteiger partial charge in [-0.3, -0.25) is 14.9 Å². The van der Waals surface area contributed by atoms with Crippen molar-refractivity contribution in [3.05, 3.63) is 68.7 Å². The molecule has 0 amide bonds. The molecular formula is C15H12ClNO4. The summed E-state index contributed by atoms with van der Waals surface area (Å²) in [6.07, 6.45) is 0.126. The van der Waals surface area contributed by atoms with Crippen LogP contribution in [0.3, 0.4) is 0 Å². The van der Waals surface area contributed by atoms with Gasteiger partial charge in [0, 0.05) is 23.1 Å². The van der Waals surface area contributed by atoms with Crippen molar-refractivity contribution in [1.29, 1.82) is 0 Å². The van der Waals surface area contributed by atoms with Crippen molar-refractivity contribution in [2.45, 2.75) is 6.42 Å². The van der Waals surface area contributed by atoms with Crippen LogP contribution in [0.5, 0.6) is 5.75 Å². The number of nitrogens with zero attached hydrogens (tertiary/aromatic N) is 1. The molecule has 6 heteroatoms. The second-order valence-corrected chi connectivity index (χ2v) is 4.74. The third-order valence-corrected chi connectivity index (χ3v) is 3.38. The summed E-state index contributed by atoms with van der Waals surface area (Å²) in [5, 5.41) is 11.3. The zero-order valence-electron chi connectivity index (χ0n) is 11.2. The number of Topliss-reactive ketones (excluding diaryl/α,β-unsaturated/α-hetero) is 1. The summed E-state index contributed by atoms with van der Waals surface area (Å²) >= 11 is 6.01. The molecule has 0 radical (unpaired) electrons. The molecule has 21 heavy (non-hydrogen) atoms. The van der Waals surface area contributed by atoms with E-state index in [1.807, 2.05) is 0 Å². The third-order valence-electron chi connectivity index (χ3n) is 3.01. The molecule has 0 fully saturated rings. The van der Waals surface area contributed by atoms with Crippen molar-refractivity contribution >= 4 is 23.1 Å². The van der Waals surface area contributed by atoms with Crippen LogP contribution in [0.2, 0.25) is 5.02 Å². The number of hydrogen-bond donors (Lipinski definition) is 0. The van der Waals surface area contributed by atoms with Crippen LogP contribution in [0.25, 0.3) is 0 Å². The number of hydrogen-bond acceptors (Lipinski definition) is 4. The first kappa shape index (κ1) is 15.0. The molecule has 0 bridgehead atoms. The van der Waals surface area contributed by atoms with Crippen molar-refractivity contribution in [3.8, 4) is 5.75 Å². The maximum Gasteiger partial charge on any atom is 0.310 e. The standard InChI is InChI=1S/C15H12ClNO4/c1-21-15-9-11(6-7-13(15)17(19)20)14(18)8-10-4-2-3-5-12(10)16/h2-7,9H,8H2,1H3. The van der Waals surface area contributed by atoms with Gasteiger partial charge in [0.2, 0.25) is 0 Å². The molecule has 5 nitrogen and oxygen atoms in total. The number of rotatable bonds is 5. The van der Waals surface area contributed by atoms with E-state index >= 15 is 0 Å². The number of carbonyl (C=O) groups excluding carboxylic acids is 1. The molecule has 0 aliphatic heterocycles. The Hall–Kier alpha value is -2.40. The number of nitro groups is 1. The predicted molar refractivity (Wildman–Crippen MR) is 79.1 cm³/mol. The molecule has 0 saturated heterocycles. The van der Waals surface area contributed by atoms with Gasteiger partial charge in [0.05, 0.1) is 12.0 Å². The average Bonchev–Trinajstić information content (AvgIpc) is 2.48. The fourth-order valence-electron chi connectivity index (χ4n) is 1.92. The number of methoxy groups -OCH3 is 1. The molecule has 0 saturated carbocycles. The number of halogens is 1. The molecular weight excluding hydrogens is 294 g/mol. The van der Waals surface area contributed by atoms with Gasteiger partial charge in [-0.15, -0.1) is 0 Å². The highest BCUT2D eigenvalue weighted by Gasteiger charge is 2.18. The second kappa shape index (κ2) is 6.37. The molecule has 0 heterocycles. The van der Waals surface area contributed by atoms with E-state index in [-0.39, 0.29) is 23.6 Å². The number of ether oxygens (including phenoxy) is 1. The highest BCUT2D eigenvalue weighted by atomic mass is 35.5. The smallest absolute Gasteiger partial charge is 0.310 e. The number of carbonyl (C=O) groups is 1. The fourth-order valence-corrected chi connectivity index (χ4v) is 2.12. The summed E-state index contributed by atoms with van der Waals surface area (Å²) in [5.74, 6) is -0.124. The van der Waals surface area contributed by atoms with Gasteiger partial charge in [-0.05, 0) is 23.8 Å². The van der Waals surface area contributed by atoms with Gasteiger partial charge in [0.1, 0.15) is 0 Å². The average molecular weight is 306 g/mol. The van der Waals surface area contributed by atoms with Crippen molar-refractivity contribution in [1.82, 2.24) is 0 Å². The van der Waals surface area contributed by atoms with Crippen LogP contribution >= 0.6 is 11.6 Å². The number of ketones is 1. The predicted octanol–water partition coefficient (Wildman–Crippen LogP) is 3.68. The molecule has 0 aliphatic carbocycles. The van der Waals surface area contributed by atoms with Gasteiger partial charge in [-0.2, -0.15) is 0 Å². The van der Waals surface area contributed by atoms with Gasteiger partial charge in [0.15, 0.2) is 11.5 Å². The fraction of sp³-hybridized carbons (Fsp3) is 0.133. The first-order chi connectivity index (χ1) is 10.0. The number of benzene rings is 2. The van der Waals surface area contributed by atoms with Crippen LogP contribution < -0.4 is 4.74 Å². The summed E-state index contributed by atoms with van der Waals surface area (Å²) in [5.41, 5.74) is 0.880. The Kier molecular flexibility index (Phi) is 4.55. The molecule has 2 aromatic rings. The van der Waals surface area contributed by atoms with Crippen LogP contribution in [0.4, 0.5) is 5.69 Å². The first-order valence-corrected chi connectivity index (χ1v) is 6.49. The Labute approximate surface area is 126 Å². The molecule has 2 rings (SSSR count). The minimum atomic E-state index is -0.554. The van der Waals surface area contributed by atoms with Gasteiger partial charge in [0.25, 0.3) is 0 Å². The van der Waals surface area contributed by atoms with Crippen molar-refractivity contribution in [2.75, 3.05) is 7.11 Å².